The van der Waals surface area contributed by atoms with Crippen molar-refractivity contribution in [3.63, 3.8) is 0 Å². The Morgan fingerprint density at radius 3 is 3.00 bits per heavy atom. The van der Waals surface area contributed by atoms with Gasteiger partial charge in [0.15, 0.2) is 0 Å². The van der Waals surface area contributed by atoms with E-state index in [0.717, 1.165) is 34.7 Å². The second-order valence-corrected chi connectivity index (χ2v) is 5.27. The molecule has 0 saturated heterocycles. The molecular weight excluding hydrogens is 268 g/mol. The largest absolute Gasteiger partial charge is 0.370 e. The van der Waals surface area contributed by atoms with E-state index in [-0.39, 0.29) is 0 Å². The van der Waals surface area contributed by atoms with Gasteiger partial charge in [-0.1, -0.05) is 18.2 Å². The molecule has 98 valence electrons. The molecule has 0 unspecified atom stereocenters. The monoisotopic (exact) mass is 280 g/mol. The van der Waals surface area contributed by atoms with Gasteiger partial charge in [0.1, 0.15) is 5.82 Å². The van der Waals surface area contributed by atoms with Crippen molar-refractivity contribution < 1.29 is 0 Å². The van der Waals surface area contributed by atoms with Crippen LogP contribution in [0, 0.1) is 11.3 Å². The molecule has 0 aliphatic rings. The summed E-state index contributed by atoms with van der Waals surface area (Å²) in [6, 6.07) is 11.7. The van der Waals surface area contributed by atoms with E-state index in [9.17, 15) is 5.26 Å². The van der Waals surface area contributed by atoms with Gasteiger partial charge in [0.25, 0.3) is 0 Å². The standard InChI is InChI=1S/C15H12N4S/c16-10-11-9-14(17-6-5-15-18-7-8-20-15)19-13-4-2-1-3-12(11)13/h1-4,7-9H,5-6H2,(H,17,19). The highest BCUT2D eigenvalue weighted by molar-refractivity contribution is 7.09. The third-order valence-corrected chi connectivity index (χ3v) is 3.80. The highest BCUT2D eigenvalue weighted by atomic mass is 32.1. The van der Waals surface area contributed by atoms with Gasteiger partial charge in [-0.25, -0.2) is 9.97 Å². The smallest absolute Gasteiger partial charge is 0.127 e. The number of thiazole rings is 1. The van der Waals surface area contributed by atoms with Crippen LogP contribution in [0.15, 0.2) is 41.9 Å². The number of aromatic nitrogens is 2. The molecule has 3 aromatic rings. The SMILES string of the molecule is N#Cc1cc(NCCc2nccs2)nc2ccccc12. The molecule has 2 aromatic heterocycles. The summed E-state index contributed by atoms with van der Waals surface area (Å²) >= 11 is 1.64. The zero-order chi connectivity index (χ0) is 13.8. The lowest BCUT2D eigenvalue weighted by Gasteiger charge is -2.07. The van der Waals surface area contributed by atoms with Gasteiger partial charge in [0.05, 0.1) is 22.2 Å². The van der Waals surface area contributed by atoms with E-state index < -0.39 is 0 Å². The minimum atomic E-state index is 0.646. The number of nitrogens with zero attached hydrogens (tertiary/aromatic N) is 3. The van der Waals surface area contributed by atoms with Gasteiger partial charge in [-0.05, 0) is 12.1 Å². The van der Waals surface area contributed by atoms with Crippen LogP contribution in [0.4, 0.5) is 5.82 Å². The molecule has 0 saturated carbocycles. The summed E-state index contributed by atoms with van der Waals surface area (Å²) in [6.07, 6.45) is 2.66. The summed E-state index contributed by atoms with van der Waals surface area (Å²) < 4.78 is 0. The lowest BCUT2D eigenvalue weighted by atomic mass is 10.1. The summed E-state index contributed by atoms with van der Waals surface area (Å²) in [5.74, 6) is 0.733. The maximum atomic E-state index is 9.22. The van der Waals surface area contributed by atoms with Crippen molar-refractivity contribution in [2.75, 3.05) is 11.9 Å². The van der Waals surface area contributed by atoms with Crippen molar-refractivity contribution in [3.05, 3.63) is 52.5 Å². The van der Waals surface area contributed by atoms with Gasteiger partial charge < -0.3 is 5.32 Å². The highest BCUT2D eigenvalue weighted by Gasteiger charge is 2.05. The molecule has 3 rings (SSSR count). The number of fused-ring (bicyclic) bond motifs is 1. The van der Waals surface area contributed by atoms with Crippen molar-refractivity contribution in [2.45, 2.75) is 6.42 Å². The van der Waals surface area contributed by atoms with Gasteiger partial charge in [-0.3, -0.25) is 0 Å². The van der Waals surface area contributed by atoms with E-state index in [1.165, 1.54) is 0 Å². The highest BCUT2D eigenvalue weighted by Crippen LogP contribution is 2.20. The fraction of sp³-hybridized carbons (Fsp3) is 0.133. The van der Waals surface area contributed by atoms with Gasteiger partial charge in [-0.15, -0.1) is 11.3 Å². The molecule has 4 nitrogen and oxygen atoms in total. The van der Waals surface area contributed by atoms with Crippen molar-refractivity contribution in [1.29, 1.82) is 5.26 Å². The third-order valence-electron chi connectivity index (χ3n) is 2.97. The zero-order valence-corrected chi connectivity index (χ0v) is 11.5. The number of benzene rings is 1. The first kappa shape index (κ1) is 12.6. The Morgan fingerprint density at radius 2 is 2.20 bits per heavy atom. The predicted octanol–water partition coefficient (Wildman–Crippen LogP) is 3.22. The molecule has 2 heterocycles. The molecule has 1 N–H and O–H groups in total. The number of hydrogen-bond acceptors (Lipinski definition) is 5. The van der Waals surface area contributed by atoms with Gasteiger partial charge in [0, 0.05) is 29.9 Å². The van der Waals surface area contributed by atoms with Crippen LogP contribution < -0.4 is 5.32 Å². The van der Waals surface area contributed by atoms with Crippen molar-refractivity contribution in [3.8, 4) is 6.07 Å². The molecule has 20 heavy (non-hydrogen) atoms. The first-order chi connectivity index (χ1) is 9.86. The predicted molar refractivity (Wildman–Crippen MR) is 80.8 cm³/mol. The minimum absolute atomic E-state index is 0.646. The molecule has 0 atom stereocenters. The summed E-state index contributed by atoms with van der Waals surface area (Å²) in [6.45, 7) is 0.754. The first-order valence-corrected chi connectivity index (χ1v) is 7.17. The fourth-order valence-corrected chi connectivity index (χ4v) is 2.65. The van der Waals surface area contributed by atoms with Crippen molar-refractivity contribution in [2.24, 2.45) is 0 Å². The Hall–Kier alpha value is -2.45. The van der Waals surface area contributed by atoms with Crippen LogP contribution in [0.3, 0.4) is 0 Å². The topological polar surface area (TPSA) is 61.6 Å². The maximum absolute atomic E-state index is 9.22. The van der Waals surface area contributed by atoms with Crippen LogP contribution in [0.1, 0.15) is 10.6 Å². The van der Waals surface area contributed by atoms with Crippen LogP contribution in [-0.4, -0.2) is 16.5 Å². The zero-order valence-electron chi connectivity index (χ0n) is 10.7. The first-order valence-electron chi connectivity index (χ1n) is 6.29. The number of nitriles is 1. The fourth-order valence-electron chi connectivity index (χ4n) is 2.03. The van der Waals surface area contributed by atoms with Crippen LogP contribution in [0.25, 0.3) is 10.9 Å². The number of nitrogens with one attached hydrogen (secondary N) is 1. The summed E-state index contributed by atoms with van der Waals surface area (Å²) in [5, 5.41) is 16.4. The van der Waals surface area contributed by atoms with E-state index in [1.54, 1.807) is 17.4 Å². The Kier molecular flexibility index (Phi) is 3.57. The lowest BCUT2D eigenvalue weighted by Crippen LogP contribution is -2.06. The van der Waals surface area contributed by atoms with Crippen molar-refractivity contribution in [1.82, 2.24) is 9.97 Å². The quantitative estimate of drug-likeness (QED) is 0.797. The Labute approximate surface area is 120 Å². The number of rotatable bonds is 4. The molecule has 0 fully saturated rings. The average molecular weight is 280 g/mol. The molecule has 0 aliphatic carbocycles. The second kappa shape index (κ2) is 5.68. The van der Waals surface area contributed by atoms with Crippen LogP contribution in [-0.2, 0) is 6.42 Å². The summed E-state index contributed by atoms with van der Waals surface area (Å²) in [5.41, 5.74) is 1.48. The Morgan fingerprint density at radius 1 is 1.30 bits per heavy atom. The second-order valence-electron chi connectivity index (χ2n) is 4.29. The lowest BCUT2D eigenvalue weighted by molar-refractivity contribution is 0.990. The van der Waals surface area contributed by atoms with Crippen LogP contribution in [0.5, 0.6) is 0 Å². The Bertz CT molecular complexity index is 759. The third kappa shape index (κ3) is 2.60. The molecule has 0 radical (unpaired) electrons. The van der Waals surface area contributed by atoms with Crippen LogP contribution in [0.2, 0.25) is 0 Å². The van der Waals surface area contributed by atoms with E-state index in [4.69, 9.17) is 0 Å². The number of pyridine rings is 1. The van der Waals surface area contributed by atoms with E-state index >= 15 is 0 Å². The Balaban J connectivity index is 1.80. The van der Waals surface area contributed by atoms with Gasteiger partial charge in [-0.2, -0.15) is 5.26 Å². The average Bonchev–Trinajstić information content (AvgIpc) is 2.99. The maximum Gasteiger partial charge on any atom is 0.127 e. The normalized spacial score (nSPS) is 10.3. The van der Waals surface area contributed by atoms with Gasteiger partial charge >= 0.3 is 0 Å². The summed E-state index contributed by atoms with van der Waals surface area (Å²) in [4.78, 5) is 8.76. The number of anilines is 1. The van der Waals surface area contributed by atoms with Gasteiger partial charge in [0.2, 0.25) is 0 Å². The molecule has 0 bridgehead atoms. The van der Waals surface area contributed by atoms with E-state index in [2.05, 4.69) is 21.4 Å². The van der Waals surface area contributed by atoms with E-state index in [0.29, 0.717) is 5.56 Å². The minimum Gasteiger partial charge on any atom is -0.370 e. The molecule has 5 heteroatoms. The number of hydrogen-bond donors (Lipinski definition) is 1. The molecule has 0 amide bonds. The van der Waals surface area contributed by atoms with Crippen LogP contribution >= 0.6 is 11.3 Å². The van der Waals surface area contributed by atoms with Crippen molar-refractivity contribution >= 4 is 28.1 Å². The molecule has 0 aliphatic heterocycles. The molecule has 0 spiro atoms. The molecule has 1 aromatic carbocycles. The molecular formula is C15H12N4S. The summed E-state index contributed by atoms with van der Waals surface area (Å²) in [7, 11) is 0. The number of para-hydroxylation sites is 1. The van der Waals surface area contributed by atoms with E-state index in [1.807, 2.05) is 35.8 Å².